The lowest BCUT2D eigenvalue weighted by atomic mass is 9.95. The molecule has 2 N–H and O–H groups in total. The van der Waals surface area contributed by atoms with Crippen LogP contribution in [0.3, 0.4) is 0 Å². The Bertz CT molecular complexity index is 667. The monoisotopic (exact) mass is 410 g/mol. The molecule has 2 amide bonds. The summed E-state index contributed by atoms with van der Waals surface area (Å²) in [6.07, 6.45) is 0.333. The molecule has 2 rings (SSSR count). The highest BCUT2D eigenvalue weighted by molar-refractivity contribution is 8.76. The summed E-state index contributed by atoms with van der Waals surface area (Å²) in [5, 5.41) is 5.58. The third-order valence-corrected chi connectivity index (χ3v) is 6.88. The molecule has 0 bridgehead atoms. The van der Waals surface area contributed by atoms with E-state index in [0.29, 0.717) is 17.9 Å². The Balaban J connectivity index is 2.09. The molecule has 1 unspecified atom stereocenters. The van der Waals surface area contributed by atoms with Gasteiger partial charge in [-0.15, -0.1) is 0 Å². The van der Waals surface area contributed by atoms with Gasteiger partial charge in [0.2, 0.25) is 11.8 Å². The Morgan fingerprint density at radius 1 is 1.30 bits per heavy atom. The predicted molar refractivity (Wildman–Crippen MR) is 109 cm³/mol. The number of benzene rings is 1. The largest absolute Gasteiger partial charge is 0.464 e. The Labute approximate surface area is 168 Å². The lowest BCUT2D eigenvalue weighted by Gasteiger charge is -2.30. The minimum Gasteiger partial charge on any atom is -0.464 e. The van der Waals surface area contributed by atoms with Gasteiger partial charge >= 0.3 is 5.97 Å². The second-order valence-electron chi connectivity index (χ2n) is 6.96. The third-order valence-electron chi connectivity index (χ3n) is 4.14. The van der Waals surface area contributed by atoms with Crippen molar-refractivity contribution in [1.82, 2.24) is 10.6 Å². The first-order chi connectivity index (χ1) is 12.8. The van der Waals surface area contributed by atoms with Gasteiger partial charge in [0.15, 0.2) is 0 Å². The first-order valence-electron chi connectivity index (χ1n) is 8.90. The summed E-state index contributed by atoms with van der Waals surface area (Å²) >= 11 is 0. The van der Waals surface area contributed by atoms with E-state index in [4.69, 9.17) is 4.74 Å². The summed E-state index contributed by atoms with van der Waals surface area (Å²) in [5.74, 6) is 0.111. The summed E-state index contributed by atoms with van der Waals surface area (Å²) in [7, 11) is 3.13. The zero-order valence-electron chi connectivity index (χ0n) is 15.8. The van der Waals surface area contributed by atoms with Gasteiger partial charge in [0, 0.05) is 17.9 Å². The van der Waals surface area contributed by atoms with Gasteiger partial charge < -0.3 is 15.4 Å². The van der Waals surface area contributed by atoms with Gasteiger partial charge in [0.1, 0.15) is 12.1 Å². The van der Waals surface area contributed by atoms with E-state index in [1.807, 2.05) is 44.2 Å². The van der Waals surface area contributed by atoms with Crippen LogP contribution in [0.25, 0.3) is 0 Å². The molecular formula is C19H26N2O4S2. The zero-order valence-corrected chi connectivity index (χ0v) is 17.5. The number of nitrogens with one attached hydrogen (secondary N) is 2. The van der Waals surface area contributed by atoms with Crippen LogP contribution in [-0.2, 0) is 25.5 Å². The van der Waals surface area contributed by atoms with Gasteiger partial charge in [-0.25, -0.2) is 4.79 Å². The van der Waals surface area contributed by atoms with Crippen molar-refractivity contribution in [2.75, 3.05) is 18.1 Å². The van der Waals surface area contributed by atoms with Crippen LogP contribution in [-0.4, -0.2) is 48.0 Å². The standard InChI is InChI=1S/C19H26N2O4S2/c1-4-25-17(23)14(10-13-8-6-5-7-9-13)20-16(22)15-11-26-27-12-19(2,3)18(24)21-15/h5-9,14-15H,4,10-12H2,1-3H3,(H,20,22)(H,21,24)/t14-,15?/m0/s1. The fraction of sp³-hybridized carbons (Fsp3) is 0.526. The molecule has 2 atom stereocenters. The molecule has 1 aliphatic heterocycles. The van der Waals surface area contributed by atoms with Crippen LogP contribution < -0.4 is 10.6 Å². The highest BCUT2D eigenvalue weighted by Gasteiger charge is 2.35. The number of hydrogen-bond donors (Lipinski definition) is 2. The van der Waals surface area contributed by atoms with Gasteiger partial charge in [-0.05, 0) is 12.5 Å². The van der Waals surface area contributed by atoms with E-state index in [2.05, 4.69) is 10.6 Å². The summed E-state index contributed by atoms with van der Waals surface area (Å²) in [5.41, 5.74) is 0.366. The molecule has 148 valence electrons. The molecule has 0 spiro atoms. The summed E-state index contributed by atoms with van der Waals surface area (Å²) in [6, 6.07) is 7.95. The second kappa shape index (κ2) is 10.0. The van der Waals surface area contributed by atoms with Gasteiger partial charge in [-0.2, -0.15) is 0 Å². The fourth-order valence-electron chi connectivity index (χ4n) is 2.47. The molecule has 1 aliphatic rings. The molecule has 1 aromatic carbocycles. The molecule has 27 heavy (non-hydrogen) atoms. The quantitative estimate of drug-likeness (QED) is 0.552. The Hall–Kier alpha value is -1.67. The average Bonchev–Trinajstić information content (AvgIpc) is 2.63. The van der Waals surface area contributed by atoms with Crippen LogP contribution in [0.5, 0.6) is 0 Å². The smallest absolute Gasteiger partial charge is 0.328 e. The molecule has 8 heteroatoms. The second-order valence-corrected chi connectivity index (χ2v) is 9.47. The SMILES string of the molecule is CCOC(=O)[C@H](Cc1ccccc1)NC(=O)C1CSSCC(C)(C)C(=O)N1. The maximum absolute atomic E-state index is 12.8. The van der Waals surface area contributed by atoms with Crippen LogP contribution in [0.2, 0.25) is 0 Å². The van der Waals surface area contributed by atoms with Crippen LogP contribution >= 0.6 is 21.6 Å². The fourth-order valence-corrected chi connectivity index (χ4v) is 5.27. The van der Waals surface area contributed by atoms with E-state index < -0.39 is 23.5 Å². The van der Waals surface area contributed by atoms with E-state index in [9.17, 15) is 14.4 Å². The number of esters is 1. The van der Waals surface area contributed by atoms with Crippen LogP contribution in [0.15, 0.2) is 30.3 Å². The van der Waals surface area contributed by atoms with Gasteiger partial charge in [-0.1, -0.05) is 65.8 Å². The molecule has 1 aromatic rings. The minimum atomic E-state index is -0.798. The van der Waals surface area contributed by atoms with Crippen LogP contribution in [0.4, 0.5) is 0 Å². The lowest BCUT2D eigenvalue weighted by Crippen LogP contribution is -2.56. The van der Waals surface area contributed by atoms with Crippen molar-refractivity contribution in [1.29, 1.82) is 0 Å². The number of rotatable bonds is 6. The normalized spacial score (nSPS) is 20.6. The van der Waals surface area contributed by atoms with Crippen molar-refractivity contribution >= 4 is 39.4 Å². The van der Waals surface area contributed by atoms with E-state index in [1.54, 1.807) is 28.5 Å². The van der Waals surface area contributed by atoms with Gasteiger partial charge in [0.25, 0.3) is 0 Å². The summed E-state index contributed by atoms with van der Waals surface area (Å²) in [6.45, 7) is 5.67. The highest BCUT2D eigenvalue weighted by Crippen LogP contribution is 2.32. The predicted octanol–water partition coefficient (Wildman–Crippen LogP) is 2.18. The Kier molecular flexibility index (Phi) is 8.04. The molecular weight excluding hydrogens is 384 g/mol. The van der Waals surface area contributed by atoms with Crippen molar-refractivity contribution in [3.05, 3.63) is 35.9 Å². The van der Waals surface area contributed by atoms with Crippen molar-refractivity contribution < 1.29 is 19.1 Å². The molecule has 0 aromatic heterocycles. The van der Waals surface area contributed by atoms with Gasteiger partial charge in [0.05, 0.1) is 12.0 Å². The maximum Gasteiger partial charge on any atom is 0.328 e. The zero-order chi connectivity index (χ0) is 19.9. The van der Waals surface area contributed by atoms with E-state index in [1.165, 1.54) is 0 Å². The molecule has 0 saturated carbocycles. The van der Waals surface area contributed by atoms with E-state index >= 15 is 0 Å². The molecule has 1 saturated heterocycles. The molecule has 6 nitrogen and oxygen atoms in total. The number of hydrogen-bond acceptors (Lipinski definition) is 6. The number of ether oxygens (including phenoxy) is 1. The average molecular weight is 411 g/mol. The van der Waals surface area contributed by atoms with Crippen molar-refractivity contribution in [3.63, 3.8) is 0 Å². The first kappa shape index (κ1) is 21.6. The van der Waals surface area contributed by atoms with Crippen molar-refractivity contribution in [3.8, 4) is 0 Å². The van der Waals surface area contributed by atoms with Crippen LogP contribution in [0.1, 0.15) is 26.3 Å². The molecule has 0 radical (unpaired) electrons. The first-order valence-corrected chi connectivity index (χ1v) is 11.4. The molecule has 0 aliphatic carbocycles. The van der Waals surface area contributed by atoms with Crippen molar-refractivity contribution in [2.45, 2.75) is 39.3 Å². The maximum atomic E-state index is 12.8. The Morgan fingerprint density at radius 2 is 2.00 bits per heavy atom. The molecule has 1 fully saturated rings. The summed E-state index contributed by atoms with van der Waals surface area (Å²) in [4.78, 5) is 37.5. The van der Waals surface area contributed by atoms with Gasteiger partial charge in [-0.3, -0.25) is 9.59 Å². The van der Waals surface area contributed by atoms with E-state index in [-0.39, 0.29) is 18.4 Å². The lowest BCUT2D eigenvalue weighted by molar-refractivity contribution is -0.147. The number of carbonyl (C=O) groups is 3. The van der Waals surface area contributed by atoms with E-state index in [0.717, 1.165) is 5.56 Å². The third kappa shape index (κ3) is 6.46. The number of amides is 2. The molecule has 1 heterocycles. The van der Waals surface area contributed by atoms with Crippen LogP contribution in [0, 0.1) is 5.41 Å². The highest BCUT2D eigenvalue weighted by atomic mass is 33.1. The number of carbonyl (C=O) groups excluding carboxylic acids is 3. The summed E-state index contributed by atoms with van der Waals surface area (Å²) < 4.78 is 5.11. The Morgan fingerprint density at radius 3 is 2.67 bits per heavy atom. The minimum absolute atomic E-state index is 0.161. The van der Waals surface area contributed by atoms with Crippen molar-refractivity contribution in [2.24, 2.45) is 5.41 Å². The topological polar surface area (TPSA) is 84.5 Å².